The number of rotatable bonds is 1. The Hall–Kier alpha value is -1.55. The molecule has 130 valence electrons. The number of hydrogen-bond acceptors (Lipinski definition) is 3. The molecule has 0 aliphatic carbocycles. The van der Waals surface area contributed by atoms with Gasteiger partial charge in [0, 0.05) is 22.2 Å². The van der Waals surface area contributed by atoms with Crippen LogP contribution in [0.3, 0.4) is 0 Å². The first kappa shape index (κ1) is 17.3. The molecule has 0 N–H and O–H groups in total. The molecule has 4 heteroatoms. The van der Waals surface area contributed by atoms with E-state index in [1.807, 2.05) is 37.0 Å². The SMILES string of the molecule is Cc1ccc2cc(C3CCN(C(=O)OC(C)(C)C)C(C)C3)sc2c1. The summed E-state index contributed by atoms with van der Waals surface area (Å²) in [6.07, 6.45) is 1.83. The fourth-order valence-corrected chi connectivity index (χ4v) is 4.69. The number of amides is 1. The molecule has 3 nitrogen and oxygen atoms in total. The van der Waals surface area contributed by atoms with Gasteiger partial charge in [0.2, 0.25) is 0 Å². The lowest BCUT2D eigenvalue weighted by atomic mass is 9.90. The summed E-state index contributed by atoms with van der Waals surface area (Å²) in [6, 6.07) is 9.20. The predicted molar refractivity (Wildman–Crippen MR) is 101 cm³/mol. The lowest BCUT2D eigenvalue weighted by Gasteiger charge is -2.38. The molecule has 1 aromatic heterocycles. The van der Waals surface area contributed by atoms with Crippen LogP contribution < -0.4 is 0 Å². The molecule has 3 rings (SSSR count). The largest absolute Gasteiger partial charge is 0.444 e. The quantitative estimate of drug-likeness (QED) is 0.662. The summed E-state index contributed by atoms with van der Waals surface area (Å²) in [6.45, 7) is 10.8. The summed E-state index contributed by atoms with van der Waals surface area (Å²) in [7, 11) is 0. The number of ether oxygens (including phenoxy) is 1. The number of fused-ring (bicyclic) bond motifs is 1. The average Bonchev–Trinajstić information content (AvgIpc) is 2.88. The lowest BCUT2D eigenvalue weighted by Crippen LogP contribution is -2.46. The normalized spacial score (nSPS) is 22.0. The van der Waals surface area contributed by atoms with Gasteiger partial charge in [-0.1, -0.05) is 12.1 Å². The van der Waals surface area contributed by atoms with Gasteiger partial charge in [0.25, 0.3) is 0 Å². The van der Waals surface area contributed by atoms with Crippen molar-refractivity contribution in [1.29, 1.82) is 0 Å². The van der Waals surface area contributed by atoms with Gasteiger partial charge in [-0.05, 0) is 76.5 Å². The highest BCUT2D eigenvalue weighted by molar-refractivity contribution is 7.19. The van der Waals surface area contributed by atoms with Crippen LogP contribution in [-0.2, 0) is 4.74 Å². The van der Waals surface area contributed by atoms with Crippen LogP contribution in [0.5, 0.6) is 0 Å². The molecule has 1 aliphatic rings. The molecule has 0 bridgehead atoms. The summed E-state index contributed by atoms with van der Waals surface area (Å²) in [4.78, 5) is 15.7. The first-order chi connectivity index (χ1) is 11.2. The summed E-state index contributed by atoms with van der Waals surface area (Å²) in [5.41, 5.74) is 0.876. The van der Waals surface area contributed by atoms with E-state index in [-0.39, 0.29) is 12.1 Å². The molecule has 0 saturated carbocycles. The Morgan fingerprint density at radius 1 is 1.29 bits per heavy atom. The van der Waals surface area contributed by atoms with Gasteiger partial charge >= 0.3 is 6.09 Å². The minimum atomic E-state index is -0.434. The second-order valence-corrected chi connectivity index (χ2v) is 9.05. The van der Waals surface area contributed by atoms with Gasteiger partial charge in [0.05, 0.1) is 0 Å². The van der Waals surface area contributed by atoms with Crippen LogP contribution in [0.2, 0.25) is 0 Å². The molecule has 1 amide bonds. The van der Waals surface area contributed by atoms with Gasteiger partial charge in [-0.2, -0.15) is 0 Å². The monoisotopic (exact) mass is 345 g/mol. The van der Waals surface area contributed by atoms with E-state index in [0.717, 1.165) is 19.4 Å². The molecule has 1 fully saturated rings. The van der Waals surface area contributed by atoms with Crippen LogP contribution in [-0.4, -0.2) is 29.2 Å². The standard InChI is InChI=1S/C20H27NO2S/c1-13-6-7-15-12-18(24-17(15)10-13)16-8-9-21(14(2)11-16)19(22)23-20(3,4)5/h6-7,10,12,14,16H,8-9,11H2,1-5H3. The maximum atomic E-state index is 12.4. The van der Waals surface area contributed by atoms with Crippen molar-refractivity contribution in [3.63, 3.8) is 0 Å². The third-order valence-corrected chi connectivity index (χ3v) is 5.86. The number of benzene rings is 1. The molecule has 2 aromatic rings. The van der Waals surface area contributed by atoms with Crippen molar-refractivity contribution in [1.82, 2.24) is 4.90 Å². The van der Waals surface area contributed by atoms with Crippen LogP contribution in [0.1, 0.15) is 56.9 Å². The molecular weight excluding hydrogens is 318 g/mol. The highest BCUT2D eigenvalue weighted by Gasteiger charge is 2.32. The number of nitrogens with zero attached hydrogens (tertiary/aromatic N) is 1. The van der Waals surface area contributed by atoms with Crippen molar-refractivity contribution in [2.45, 2.75) is 65.0 Å². The van der Waals surface area contributed by atoms with Crippen LogP contribution in [0.4, 0.5) is 4.79 Å². The minimum Gasteiger partial charge on any atom is -0.444 e. The van der Waals surface area contributed by atoms with E-state index in [1.165, 1.54) is 20.5 Å². The zero-order valence-electron chi connectivity index (χ0n) is 15.3. The summed E-state index contributed by atoms with van der Waals surface area (Å²) >= 11 is 1.90. The fourth-order valence-electron chi connectivity index (χ4n) is 3.38. The molecule has 0 spiro atoms. The second-order valence-electron chi connectivity index (χ2n) is 7.93. The predicted octanol–water partition coefficient (Wildman–Crippen LogP) is 5.71. The second kappa shape index (κ2) is 6.40. The van der Waals surface area contributed by atoms with Gasteiger partial charge in [0.15, 0.2) is 0 Å². The molecule has 1 saturated heterocycles. The first-order valence-corrected chi connectivity index (χ1v) is 9.54. The number of hydrogen-bond donors (Lipinski definition) is 0. The highest BCUT2D eigenvalue weighted by atomic mass is 32.1. The molecular formula is C20H27NO2S. The number of likely N-dealkylation sites (tertiary alicyclic amines) is 1. The van der Waals surface area contributed by atoms with Crippen molar-refractivity contribution in [2.24, 2.45) is 0 Å². The van der Waals surface area contributed by atoms with Crippen LogP contribution >= 0.6 is 11.3 Å². The van der Waals surface area contributed by atoms with E-state index < -0.39 is 5.60 Å². The molecule has 0 radical (unpaired) electrons. The maximum absolute atomic E-state index is 12.4. The van der Waals surface area contributed by atoms with E-state index in [2.05, 4.69) is 38.1 Å². The zero-order chi connectivity index (χ0) is 17.5. The smallest absolute Gasteiger partial charge is 0.410 e. The molecule has 2 atom stereocenters. The van der Waals surface area contributed by atoms with Gasteiger partial charge in [-0.15, -0.1) is 11.3 Å². The molecule has 1 aliphatic heterocycles. The van der Waals surface area contributed by atoms with Gasteiger partial charge in [0.1, 0.15) is 5.60 Å². The van der Waals surface area contributed by atoms with Crippen molar-refractivity contribution in [3.05, 3.63) is 34.7 Å². The number of thiophene rings is 1. The Balaban J connectivity index is 1.71. The molecule has 2 unspecified atom stereocenters. The van der Waals surface area contributed by atoms with E-state index in [0.29, 0.717) is 5.92 Å². The van der Waals surface area contributed by atoms with E-state index in [1.54, 1.807) is 0 Å². The molecule has 2 heterocycles. The number of aryl methyl sites for hydroxylation is 1. The van der Waals surface area contributed by atoms with Crippen molar-refractivity contribution in [3.8, 4) is 0 Å². The summed E-state index contributed by atoms with van der Waals surface area (Å²) < 4.78 is 6.91. The zero-order valence-corrected chi connectivity index (χ0v) is 16.1. The van der Waals surface area contributed by atoms with E-state index >= 15 is 0 Å². The first-order valence-electron chi connectivity index (χ1n) is 8.72. The van der Waals surface area contributed by atoms with Crippen LogP contribution in [0.15, 0.2) is 24.3 Å². The number of carbonyl (C=O) groups is 1. The molecule has 1 aromatic carbocycles. The van der Waals surface area contributed by atoms with Gasteiger partial charge in [-0.3, -0.25) is 0 Å². The number of piperidine rings is 1. The van der Waals surface area contributed by atoms with Crippen molar-refractivity contribution in [2.75, 3.05) is 6.54 Å². The summed E-state index contributed by atoms with van der Waals surface area (Å²) in [5, 5.41) is 1.34. The Labute approximate surface area is 148 Å². The Morgan fingerprint density at radius 2 is 2.04 bits per heavy atom. The molecule has 24 heavy (non-hydrogen) atoms. The minimum absolute atomic E-state index is 0.180. The number of carbonyl (C=O) groups excluding carboxylic acids is 1. The summed E-state index contributed by atoms with van der Waals surface area (Å²) in [5.74, 6) is 0.538. The maximum Gasteiger partial charge on any atom is 0.410 e. The van der Waals surface area contributed by atoms with E-state index in [9.17, 15) is 4.79 Å². The Kier molecular flexibility index (Phi) is 4.60. The fraction of sp³-hybridized carbons (Fsp3) is 0.550. The lowest BCUT2D eigenvalue weighted by molar-refractivity contribution is 0.0105. The van der Waals surface area contributed by atoms with E-state index in [4.69, 9.17) is 4.74 Å². The Bertz CT molecular complexity index is 744. The third-order valence-electron chi connectivity index (χ3n) is 4.60. The average molecular weight is 346 g/mol. The van der Waals surface area contributed by atoms with Gasteiger partial charge < -0.3 is 9.64 Å². The van der Waals surface area contributed by atoms with Gasteiger partial charge in [-0.25, -0.2) is 4.79 Å². The van der Waals surface area contributed by atoms with Crippen LogP contribution in [0.25, 0.3) is 10.1 Å². The highest BCUT2D eigenvalue weighted by Crippen LogP contribution is 2.38. The van der Waals surface area contributed by atoms with Crippen LogP contribution in [0, 0.1) is 6.92 Å². The Morgan fingerprint density at radius 3 is 2.71 bits per heavy atom. The third kappa shape index (κ3) is 3.75. The van der Waals surface area contributed by atoms with Crippen molar-refractivity contribution >= 4 is 27.5 Å². The topological polar surface area (TPSA) is 29.5 Å². The van der Waals surface area contributed by atoms with Crippen molar-refractivity contribution < 1.29 is 9.53 Å².